The topological polar surface area (TPSA) is 105 Å². The number of amides is 2. The van der Waals surface area contributed by atoms with Crippen LogP contribution in [0.25, 0.3) is 0 Å². The first-order valence-corrected chi connectivity index (χ1v) is 12.4. The smallest absolute Gasteiger partial charge is 0.265 e. The van der Waals surface area contributed by atoms with Gasteiger partial charge in [-0.05, 0) is 49.9 Å². The average molecular weight is 494 g/mol. The molecular weight excluding hydrogens is 468 g/mol. The number of rotatable bonds is 5. The first-order valence-electron chi connectivity index (χ1n) is 11.0. The van der Waals surface area contributed by atoms with E-state index in [1.165, 1.54) is 10.4 Å². The molecule has 2 N–H and O–H groups in total. The van der Waals surface area contributed by atoms with Crippen LogP contribution in [0, 0.1) is 24.5 Å². The number of hydrogen-bond donors (Lipinski definition) is 2. The van der Waals surface area contributed by atoms with E-state index < -0.39 is 39.6 Å². The Kier molecular flexibility index (Phi) is 6.59. The van der Waals surface area contributed by atoms with Gasteiger partial charge < -0.3 is 15.4 Å². The summed E-state index contributed by atoms with van der Waals surface area (Å²) >= 11 is 0. The van der Waals surface area contributed by atoms with E-state index in [9.17, 15) is 26.8 Å². The third kappa shape index (κ3) is 4.62. The summed E-state index contributed by atoms with van der Waals surface area (Å²) in [6.07, 6.45) is 0.552. The lowest BCUT2D eigenvalue weighted by Crippen LogP contribution is -2.44. The molecule has 2 atom stereocenters. The van der Waals surface area contributed by atoms with Crippen LogP contribution in [0.15, 0.2) is 35.2 Å². The van der Waals surface area contributed by atoms with Crippen molar-refractivity contribution in [2.45, 2.75) is 44.1 Å². The minimum atomic E-state index is -3.99. The van der Waals surface area contributed by atoms with Crippen LogP contribution in [0.3, 0.4) is 0 Å². The van der Waals surface area contributed by atoms with Crippen molar-refractivity contribution in [3.63, 3.8) is 0 Å². The zero-order valence-electron chi connectivity index (χ0n) is 18.7. The standard InChI is InChI=1S/C23H25F2N3O5S/c1-3-19-23(30)27-18-9-13(2)21(11-20(18)33-19)34(31,32)28-8-4-5-14(12-28)22(29)26-17-10-15(24)6-7-16(17)25/h6-7,9-11,14,19H,3-5,8,12H2,1-2H3,(H,26,29)(H,27,30)/t14-,19-/m1/s1. The maximum atomic E-state index is 13.9. The molecule has 4 rings (SSSR count). The molecule has 2 amide bonds. The molecule has 2 aromatic carbocycles. The van der Waals surface area contributed by atoms with Crippen LogP contribution in [-0.4, -0.2) is 43.7 Å². The maximum absolute atomic E-state index is 13.9. The van der Waals surface area contributed by atoms with Crippen molar-refractivity contribution in [3.05, 3.63) is 47.5 Å². The van der Waals surface area contributed by atoms with Gasteiger partial charge in [0.15, 0.2) is 6.10 Å². The third-order valence-corrected chi connectivity index (χ3v) is 8.03. The molecule has 0 unspecified atom stereocenters. The number of nitrogens with zero attached hydrogens (tertiary/aromatic N) is 1. The number of nitrogens with one attached hydrogen (secondary N) is 2. The molecule has 0 spiro atoms. The van der Waals surface area contributed by atoms with Crippen molar-refractivity contribution < 1.29 is 31.5 Å². The Hall–Kier alpha value is -3.05. The second-order valence-electron chi connectivity index (χ2n) is 8.43. The number of fused-ring (bicyclic) bond motifs is 1. The molecule has 0 bridgehead atoms. The summed E-state index contributed by atoms with van der Waals surface area (Å²) in [5, 5.41) is 5.10. The molecule has 182 valence electrons. The van der Waals surface area contributed by atoms with E-state index in [4.69, 9.17) is 4.74 Å². The largest absolute Gasteiger partial charge is 0.478 e. The van der Waals surface area contributed by atoms with Crippen molar-refractivity contribution >= 4 is 33.2 Å². The molecule has 2 aliphatic rings. The first kappa shape index (κ1) is 24.1. The molecule has 0 aliphatic carbocycles. The van der Waals surface area contributed by atoms with Gasteiger partial charge in [0.25, 0.3) is 5.91 Å². The van der Waals surface area contributed by atoms with E-state index >= 15 is 0 Å². The van der Waals surface area contributed by atoms with Crippen LogP contribution in [0.2, 0.25) is 0 Å². The maximum Gasteiger partial charge on any atom is 0.265 e. The quantitative estimate of drug-likeness (QED) is 0.664. The zero-order chi connectivity index (χ0) is 24.6. The van der Waals surface area contributed by atoms with Crippen LogP contribution in [0.1, 0.15) is 31.7 Å². The lowest BCUT2D eigenvalue weighted by atomic mass is 9.98. The molecule has 2 aromatic rings. The Balaban J connectivity index is 1.55. The van der Waals surface area contributed by atoms with Crippen LogP contribution < -0.4 is 15.4 Å². The lowest BCUT2D eigenvalue weighted by molar-refractivity contribution is -0.123. The predicted octanol–water partition coefficient (Wildman–Crippen LogP) is 3.42. The molecule has 0 saturated carbocycles. The molecule has 2 aliphatic heterocycles. The highest BCUT2D eigenvalue weighted by molar-refractivity contribution is 7.89. The summed E-state index contributed by atoms with van der Waals surface area (Å²) in [4.78, 5) is 24.8. The summed E-state index contributed by atoms with van der Waals surface area (Å²) in [6, 6.07) is 5.68. The summed E-state index contributed by atoms with van der Waals surface area (Å²) in [5.74, 6) is -2.81. The van der Waals surface area contributed by atoms with Gasteiger partial charge in [0.1, 0.15) is 17.4 Å². The number of aryl methyl sites for hydroxylation is 1. The Morgan fingerprint density at radius 2 is 2.03 bits per heavy atom. The number of carbonyl (C=O) groups is 2. The second-order valence-corrected chi connectivity index (χ2v) is 10.3. The van der Waals surface area contributed by atoms with Crippen molar-refractivity contribution in [1.29, 1.82) is 0 Å². The normalized spacial score (nSPS) is 20.8. The number of sulfonamides is 1. The van der Waals surface area contributed by atoms with E-state index in [2.05, 4.69) is 10.6 Å². The number of ether oxygens (including phenoxy) is 1. The number of piperidine rings is 1. The molecule has 2 heterocycles. The summed E-state index contributed by atoms with van der Waals surface area (Å²) in [5.41, 5.74) is 0.533. The van der Waals surface area contributed by atoms with E-state index in [1.807, 2.05) is 0 Å². The van der Waals surface area contributed by atoms with E-state index in [0.29, 0.717) is 30.5 Å². The Labute approximate surface area is 196 Å². The number of anilines is 2. The Morgan fingerprint density at radius 3 is 2.76 bits per heavy atom. The van der Waals surface area contributed by atoms with Gasteiger partial charge in [-0.2, -0.15) is 4.31 Å². The highest BCUT2D eigenvalue weighted by Gasteiger charge is 2.36. The minimum Gasteiger partial charge on any atom is -0.478 e. The molecule has 1 saturated heterocycles. The molecule has 34 heavy (non-hydrogen) atoms. The van der Waals surface area contributed by atoms with Crippen LogP contribution in [0.4, 0.5) is 20.2 Å². The molecular formula is C23H25F2N3O5S. The van der Waals surface area contributed by atoms with Gasteiger partial charge in [0.2, 0.25) is 15.9 Å². The third-order valence-electron chi connectivity index (χ3n) is 6.03. The van der Waals surface area contributed by atoms with Crippen molar-refractivity contribution in [2.24, 2.45) is 5.92 Å². The van der Waals surface area contributed by atoms with Crippen molar-refractivity contribution in [3.8, 4) is 5.75 Å². The van der Waals surface area contributed by atoms with Gasteiger partial charge in [-0.3, -0.25) is 9.59 Å². The lowest BCUT2D eigenvalue weighted by Gasteiger charge is -2.32. The van der Waals surface area contributed by atoms with Gasteiger partial charge >= 0.3 is 0 Å². The Bertz CT molecular complexity index is 1250. The molecule has 0 radical (unpaired) electrons. The Morgan fingerprint density at radius 1 is 1.26 bits per heavy atom. The average Bonchev–Trinajstić information content (AvgIpc) is 2.80. The predicted molar refractivity (Wildman–Crippen MR) is 121 cm³/mol. The monoisotopic (exact) mass is 493 g/mol. The fraction of sp³-hybridized carbons (Fsp3) is 0.391. The highest BCUT2D eigenvalue weighted by atomic mass is 32.2. The second kappa shape index (κ2) is 9.30. The minimum absolute atomic E-state index is 0.0227. The van der Waals surface area contributed by atoms with Crippen LogP contribution in [-0.2, 0) is 19.6 Å². The summed E-state index contributed by atoms with van der Waals surface area (Å²) in [7, 11) is -3.99. The van der Waals surface area contributed by atoms with Gasteiger partial charge in [0, 0.05) is 25.2 Å². The van der Waals surface area contributed by atoms with Crippen molar-refractivity contribution in [1.82, 2.24) is 4.31 Å². The summed E-state index contributed by atoms with van der Waals surface area (Å²) in [6.45, 7) is 3.52. The fourth-order valence-corrected chi connectivity index (χ4v) is 5.92. The van der Waals surface area contributed by atoms with Gasteiger partial charge in [0.05, 0.1) is 22.2 Å². The van der Waals surface area contributed by atoms with E-state index in [0.717, 1.165) is 18.2 Å². The summed E-state index contributed by atoms with van der Waals surface area (Å²) < 4.78 is 61.2. The molecule has 8 nitrogen and oxygen atoms in total. The highest BCUT2D eigenvalue weighted by Crippen LogP contribution is 2.36. The van der Waals surface area contributed by atoms with Gasteiger partial charge in [-0.25, -0.2) is 17.2 Å². The molecule has 0 aromatic heterocycles. The molecule has 1 fully saturated rings. The van der Waals surface area contributed by atoms with Crippen molar-refractivity contribution in [2.75, 3.05) is 23.7 Å². The van der Waals surface area contributed by atoms with E-state index in [1.54, 1.807) is 19.9 Å². The van der Waals surface area contributed by atoms with Gasteiger partial charge in [-0.15, -0.1) is 0 Å². The fourth-order valence-electron chi connectivity index (χ4n) is 4.17. The van der Waals surface area contributed by atoms with Gasteiger partial charge in [-0.1, -0.05) is 6.92 Å². The zero-order valence-corrected chi connectivity index (χ0v) is 19.5. The number of carbonyl (C=O) groups excluding carboxylic acids is 2. The number of benzene rings is 2. The van der Waals surface area contributed by atoms with Crippen LogP contribution >= 0.6 is 0 Å². The van der Waals surface area contributed by atoms with Crippen LogP contribution in [0.5, 0.6) is 5.75 Å². The molecule has 11 heteroatoms. The SMILES string of the molecule is CC[C@H]1Oc2cc(S(=O)(=O)N3CCC[C@@H](C(=O)Nc4cc(F)ccc4F)C3)c(C)cc2NC1=O. The van der Waals surface area contributed by atoms with E-state index in [-0.39, 0.29) is 35.3 Å². The number of hydrogen-bond acceptors (Lipinski definition) is 5. The number of halogens is 2. The first-order chi connectivity index (χ1) is 16.1.